The van der Waals surface area contributed by atoms with Gasteiger partial charge in [-0.15, -0.1) is 0 Å². The maximum absolute atomic E-state index is 13.8. The van der Waals surface area contributed by atoms with Gasteiger partial charge in [0.2, 0.25) is 0 Å². The Morgan fingerprint density at radius 2 is 1.34 bits per heavy atom. The van der Waals surface area contributed by atoms with E-state index in [1.54, 1.807) is 0 Å². The van der Waals surface area contributed by atoms with Gasteiger partial charge in [-0.2, -0.15) is 0 Å². The molecule has 0 radical (unpaired) electrons. The molecule has 0 fully saturated rings. The molecule has 8 heteroatoms. The molecule has 0 spiro atoms. The van der Waals surface area contributed by atoms with Gasteiger partial charge >= 0.3 is 199 Å². The number of nitrogens with zero attached hydrogens (tertiary/aromatic N) is 3. The third kappa shape index (κ3) is 9.32. The average molecular weight is 884 g/mol. The number of H-pyrrole nitrogens is 2. The molecular weight excluding hydrogens is 818 g/mol. The minimum Gasteiger partial charge on any atom is -0.0562 e. The Labute approximate surface area is 386 Å². The van der Waals surface area contributed by atoms with Crippen molar-refractivity contribution in [1.29, 1.82) is 0 Å². The number of rotatable bonds is 16. The van der Waals surface area contributed by atoms with E-state index < -0.39 is 7.26 Å². The summed E-state index contributed by atoms with van der Waals surface area (Å²) >= 11 is 0. The maximum atomic E-state index is 13.8. The molecule has 0 unspecified atom stereocenters. The number of amides is 1. The summed E-state index contributed by atoms with van der Waals surface area (Å²) in [4.78, 5) is 33.7. The molecule has 3 aromatic carbocycles. The zero-order chi connectivity index (χ0) is 45.7. The minimum atomic E-state index is -2.29. The fourth-order valence-corrected chi connectivity index (χ4v) is 15.1. The van der Waals surface area contributed by atoms with Crippen LogP contribution in [0.3, 0.4) is 0 Å². The predicted octanol–water partition coefficient (Wildman–Crippen LogP) is 11.9. The van der Waals surface area contributed by atoms with E-state index in [4.69, 9.17) is 14.7 Å². The number of nitrogens with one attached hydrogen (secondary N) is 2. The van der Waals surface area contributed by atoms with Crippen molar-refractivity contribution >= 4 is 68.4 Å². The van der Waals surface area contributed by atoms with Gasteiger partial charge in [0, 0.05) is 44.9 Å². The van der Waals surface area contributed by atoms with Crippen LogP contribution in [0.1, 0.15) is 110 Å². The molecular formula is C57H66N5O2P. The van der Waals surface area contributed by atoms with Gasteiger partial charge in [-0.3, -0.25) is 4.98 Å². The molecule has 3 aromatic heterocycles. The molecule has 6 aromatic rings. The van der Waals surface area contributed by atoms with E-state index >= 15 is 0 Å². The number of hydrogen-bond acceptors (Lipinski definition) is 4. The van der Waals surface area contributed by atoms with Crippen molar-refractivity contribution in [1.82, 2.24) is 24.8 Å². The summed E-state index contributed by atoms with van der Waals surface area (Å²) in [5.41, 5.74) is 15.1. The predicted molar refractivity (Wildman–Crippen MR) is 278 cm³/mol. The van der Waals surface area contributed by atoms with Gasteiger partial charge in [0.25, 0.3) is 0 Å². The molecule has 5 heterocycles. The number of carbonyl (C=O) groups is 1. The van der Waals surface area contributed by atoms with Crippen molar-refractivity contribution in [3.63, 3.8) is 0 Å². The molecule has 0 aliphatic carbocycles. The molecule has 2 atom stereocenters. The SMILES string of the molecule is C=Cc1c(C)c2cc3nc(c(C)c4cc(C)c(cc5nc(cc1[nH]2)C(C)=C5CC)[nH]4)[C@@H](CCC(=O)N(C)CCCOCCC[PH](c1ccccc1)(c1ccccc1)c1ccccc1)[C@@H]3C. The van der Waals surface area contributed by atoms with Crippen molar-refractivity contribution < 1.29 is 9.53 Å². The fourth-order valence-electron chi connectivity index (χ4n) is 10.3. The van der Waals surface area contributed by atoms with Crippen molar-refractivity contribution in [3.05, 3.63) is 167 Å². The Morgan fingerprint density at radius 3 is 1.95 bits per heavy atom. The van der Waals surface area contributed by atoms with Crippen LogP contribution in [0.4, 0.5) is 0 Å². The Hall–Kier alpha value is -5.88. The first kappa shape index (κ1) is 45.7. The first-order chi connectivity index (χ1) is 31.5. The Morgan fingerprint density at radius 1 is 0.754 bits per heavy atom. The van der Waals surface area contributed by atoms with Crippen LogP contribution in [0.25, 0.3) is 39.3 Å². The molecule has 1 amide bonds. The molecule has 2 aliphatic heterocycles. The summed E-state index contributed by atoms with van der Waals surface area (Å²) in [6, 6.07) is 42.0. The molecule has 0 saturated heterocycles. The van der Waals surface area contributed by atoms with Gasteiger partial charge < -0.3 is 9.97 Å². The largest absolute Gasteiger partial charge is 0.0562 e. The number of aromatic nitrogens is 4. The van der Waals surface area contributed by atoms with Gasteiger partial charge in [0.1, 0.15) is 0 Å². The van der Waals surface area contributed by atoms with Crippen LogP contribution in [0.2, 0.25) is 0 Å². The Balaban J connectivity index is 0.955. The summed E-state index contributed by atoms with van der Waals surface area (Å²) < 4.78 is 6.29. The molecule has 0 saturated carbocycles. The van der Waals surface area contributed by atoms with E-state index in [1.165, 1.54) is 27.1 Å². The first-order valence-electron chi connectivity index (χ1n) is 23.6. The van der Waals surface area contributed by atoms with Crippen LogP contribution < -0.4 is 15.9 Å². The number of carbonyl (C=O) groups excluding carboxylic acids is 1. The number of fused-ring (bicyclic) bond motifs is 8. The number of ether oxygens (including phenoxy) is 1. The third-order valence-electron chi connectivity index (χ3n) is 14.2. The molecule has 2 aliphatic rings. The molecule has 2 N–H and O–H groups in total. The van der Waals surface area contributed by atoms with Gasteiger partial charge in [-0.1, -0.05) is 26.5 Å². The zero-order valence-electron chi connectivity index (χ0n) is 39.4. The monoisotopic (exact) mass is 883 g/mol. The van der Waals surface area contributed by atoms with Gasteiger partial charge in [0.05, 0.1) is 11.4 Å². The van der Waals surface area contributed by atoms with Gasteiger partial charge in [0.15, 0.2) is 0 Å². The molecule has 65 heavy (non-hydrogen) atoms. The molecule has 336 valence electrons. The van der Waals surface area contributed by atoms with E-state index in [0.29, 0.717) is 32.6 Å². The average Bonchev–Trinajstić information content (AvgIpc) is 4.04. The second kappa shape index (κ2) is 20.1. The van der Waals surface area contributed by atoms with E-state index in [0.717, 1.165) is 92.5 Å². The van der Waals surface area contributed by atoms with Crippen molar-refractivity contribution in [3.8, 4) is 0 Å². The normalized spacial score (nSPS) is 15.3. The number of allylic oxidation sites excluding steroid dienone is 2. The summed E-state index contributed by atoms with van der Waals surface area (Å²) in [7, 11) is -0.357. The van der Waals surface area contributed by atoms with E-state index in [2.05, 4.69) is 173 Å². The van der Waals surface area contributed by atoms with Crippen LogP contribution in [-0.2, 0) is 9.53 Å². The second-order valence-electron chi connectivity index (χ2n) is 18.1. The Bertz CT molecular complexity index is 2760. The van der Waals surface area contributed by atoms with Crippen molar-refractivity contribution in [2.24, 2.45) is 0 Å². The van der Waals surface area contributed by atoms with Crippen LogP contribution in [0.15, 0.2) is 122 Å². The number of aromatic amines is 2. The summed E-state index contributed by atoms with van der Waals surface area (Å²) in [6.45, 7) is 19.2. The van der Waals surface area contributed by atoms with Crippen LogP contribution in [0.5, 0.6) is 0 Å². The second-order valence-corrected chi connectivity index (χ2v) is 22.2. The zero-order valence-corrected chi connectivity index (χ0v) is 40.4. The van der Waals surface area contributed by atoms with Gasteiger partial charge in [-0.05, 0) is 86.2 Å². The molecule has 8 bridgehead atoms. The first-order valence-corrected chi connectivity index (χ1v) is 25.8. The third-order valence-corrected chi connectivity index (χ3v) is 19.3. The van der Waals surface area contributed by atoms with Crippen molar-refractivity contribution in [2.45, 2.75) is 85.5 Å². The smallest absolute Gasteiger partial charge is 0.00686 e. The quantitative estimate of drug-likeness (QED) is 0.0749. The Kier molecular flexibility index (Phi) is 14.1. The minimum absolute atomic E-state index is 0.0837. The number of hydrogen-bond donors (Lipinski definition) is 2. The number of benzene rings is 3. The fraction of sp³-hybridized carbons (Fsp3) is 0.316. The van der Waals surface area contributed by atoms with Crippen LogP contribution in [0, 0.1) is 20.8 Å². The van der Waals surface area contributed by atoms with Gasteiger partial charge in [-0.25, -0.2) is 4.98 Å². The van der Waals surface area contributed by atoms with Crippen molar-refractivity contribution in [2.75, 3.05) is 33.0 Å². The molecule has 8 rings (SSSR count). The van der Waals surface area contributed by atoms with E-state index in [9.17, 15) is 4.79 Å². The standard InChI is InChI=1S/C57H66N5O2P/c1-9-46-40(5)52-37-55-47(10-2)39(4)51(59-55)36-53-41(6)48(57(61-53)42(7)50-34-38(3)49(58-50)35-54(46)60-52)28-29-56(63)62(8)30-20-31-64-32-21-33-65(43-22-14-11-15-23-43,44-24-16-12-17-25-44)45-26-18-13-19-27-45/h10-19,22-27,34-37,41,48,58-59,65H,2,9,20-21,28-33H2,1,3-8H3/t41-,48-/m0/s1. The molecule has 7 nitrogen and oxygen atoms in total. The number of aryl methyl sites for hydroxylation is 3. The summed E-state index contributed by atoms with van der Waals surface area (Å²) in [5.74, 6) is 0.356. The summed E-state index contributed by atoms with van der Waals surface area (Å²) in [6.07, 6.45) is 6.79. The van der Waals surface area contributed by atoms with Crippen LogP contribution >= 0.6 is 7.26 Å². The van der Waals surface area contributed by atoms with E-state index in [-0.39, 0.29) is 17.7 Å². The maximum Gasteiger partial charge on any atom is 0.00686 e. The van der Waals surface area contributed by atoms with Crippen LogP contribution in [-0.4, -0.2) is 63.7 Å². The topological polar surface area (TPSA) is 86.9 Å². The summed E-state index contributed by atoms with van der Waals surface area (Å²) in [5, 5.41) is 4.27. The van der Waals surface area contributed by atoms with E-state index in [1.807, 2.05) is 18.0 Å².